The lowest BCUT2D eigenvalue weighted by molar-refractivity contribution is 0.102. The second-order valence-corrected chi connectivity index (χ2v) is 7.24. The number of hydrogen-bond donors (Lipinski definition) is 1. The van der Waals surface area contributed by atoms with E-state index >= 15 is 0 Å². The van der Waals surface area contributed by atoms with Gasteiger partial charge in [0.2, 0.25) is 5.16 Å². The van der Waals surface area contributed by atoms with Crippen molar-refractivity contribution in [3.05, 3.63) is 63.2 Å². The number of ketones is 1. The zero-order chi connectivity index (χ0) is 16.2. The van der Waals surface area contributed by atoms with Crippen molar-refractivity contribution in [2.24, 2.45) is 0 Å². The van der Waals surface area contributed by atoms with Crippen LogP contribution in [0.5, 0.6) is 0 Å². The fourth-order valence-electron chi connectivity index (χ4n) is 2.00. The second kappa shape index (κ2) is 7.27. The van der Waals surface area contributed by atoms with Crippen LogP contribution in [0.4, 0.5) is 0 Å². The van der Waals surface area contributed by atoms with E-state index < -0.39 is 0 Å². The third kappa shape index (κ3) is 4.20. The first-order valence-corrected chi connectivity index (χ1v) is 9.09. The summed E-state index contributed by atoms with van der Waals surface area (Å²) < 4.78 is 1.11. The number of carbonyl (C=O) groups is 1. The number of nitrogens with zero attached hydrogens (tertiary/aromatic N) is 2. The molecule has 1 heterocycles. The molecule has 0 radical (unpaired) electrons. The predicted molar refractivity (Wildman–Crippen MR) is 101 cm³/mol. The van der Waals surface area contributed by atoms with Crippen molar-refractivity contribution in [3.63, 3.8) is 0 Å². The molecular weight excluding hydrogens is 421 g/mol. The highest BCUT2D eigenvalue weighted by Gasteiger charge is 2.10. The fourth-order valence-corrected chi connectivity index (χ4v) is 3.05. The van der Waals surface area contributed by atoms with Crippen LogP contribution in [-0.4, -0.2) is 26.7 Å². The van der Waals surface area contributed by atoms with Crippen LogP contribution in [0.25, 0.3) is 11.4 Å². The molecule has 3 rings (SSSR count). The van der Waals surface area contributed by atoms with Crippen LogP contribution >= 0.6 is 34.4 Å². The first-order valence-electron chi connectivity index (χ1n) is 7.03. The molecule has 23 heavy (non-hydrogen) atoms. The van der Waals surface area contributed by atoms with Gasteiger partial charge in [-0.05, 0) is 41.6 Å². The minimum Gasteiger partial charge on any atom is -0.293 e. The van der Waals surface area contributed by atoms with Crippen molar-refractivity contribution < 1.29 is 4.79 Å². The maximum absolute atomic E-state index is 12.2. The highest BCUT2D eigenvalue weighted by atomic mass is 127. The Morgan fingerprint density at radius 3 is 2.52 bits per heavy atom. The van der Waals surface area contributed by atoms with Crippen molar-refractivity contribution in [1.29, 1.82) is 0 Å². The van der Waals surface area contributed by atoms with Gasteiger partial charge >= 0.3 is 0 Å². The highest BCUT2D eigenvalue weighted by molar-refractivity contribution is 14.1. The Hall–Kier alpha value is -1.67. The van der Waals surface area contributed by atoms with Crippen LogP contribution in [0.3, 0.4) is 0 Å². The number of H-pyrrole nitrogens is 1. The molecule has 116 valence electrons. The Morgan fingerprint density at radius 1 is 1.13 bits per heavy atom. The number of rotatable bonds is 5. The van der Waals surface area contributed by atoms with Gasteiger partial charge in [-0.3, -0.25) is 9.89 Å². The smallest absolute Gasteiger partial charge is 0.209 e. The maximum Gasteiger partial charge on any atom is 0.209 e. The Kier molecular flexibility index (Phi) is 5.12. The molecule has 0 saturated carbocycles. The van der Waals surface area contributed by atoms with Crippen LogP contribution < -0.4 is 0 Å². The number of carbonyl (C=O) groups excluding carboxylic acids is 1. The van der Waals surface area contributed by atoms with E-state index in [9.17, 15) is 4.79 Å². The van der Waals surface area contributed by atoms with Gasteiger partial charge in [0.1, 0.15) is 0 Å². The monoisotopic (exact) mass is 435 g/mol. The number of aromatic nitrogens is 3. The van der Waals surface area contributed by atoms with Gasteiger partial charge in [0.25, 0.3) is 0 Å². The minimum atomic E-state index is 0.0769. The number of hydrogen-bond acceptors (Lipinski definition) is 4. The lowest BCUT2D eigenvalue weighted by atomic mass is 10.1. The second-order valence-electron chi connectivity index (χ2n) is 5.05. The molecule has 0 fully saturated rings. The molecule has 0 aliphatic rings. The molecule has 0 atom stereocenters. The van der Waals surface area contributed by atoms with E-state index in [1.807, 2.05) is 55.5 Å². The number of aromatic amines is 1. The number of thioether (sulfide) groups is 1. The summed E-state index contributed by atoms with van der Waals surface area (Å²) in [4.78, 5) is 16.6. The average molecular weight is 435 g/mol. The molecule has 0 aliphatic carbocycles. The molecule has 2 aromatic carbocycles. The molecule has 0 saturated heterocycles. The van der Waals surface area contributed by atoms with Gasteiger partial charge in [-0.1, -0.05) is 53.7 Å². The lowest BCUT2D eigenvalue weighted by Crippen LogP contribution is -2.02. The summed E-state index contributed by atoms with van der Waals surface area (Å²) in [7, 11) is 0. The molecule has 0 unspecified atom stereocenters. The number of nitrogens with one attached hydrogen (secondary N) is 1. The molecule has 3 aromatic rings. The molecule has 0 spiro atoms. The van der Waals surface area contributed by atoms with E-state index in [4.69, 9.17) is 0 Å². The third-order valence-electron chi connectivity index (χ3n) is 3.29. The van der Waals surface area contributed by atoms with Gasteiger partial charge in [0.05, 0.1) is 5.75 Å². The Balaban J connectivity index is 1.64. The van der Waals surface area contributed by atoms with Crippen molar-refractivity contribution in [2.45, 2.75) is 12.1 Å². The number of halogens is 1. The Labute approximate surface area is 152 Å². The topological polar surface area (TPSA) is 58.6 Å². The summed E-state index contributed by atoms with van der Waals surface area (Å²) in [5.41, 5.74) is 2.90. The molecule has 0 amide bonds. The Morgan fingerprint density at radius 2 is 1.83 bits per heavy atom. The zero-order valence-electron chi connectivity index (χ0n) is 12.4. The van der Waals surface area contributed by atoms with Gasteiger partial charge in [0, 0.05) is 14.7 Å². The molecule has 1 N–H and O–H groups in total. The van der Waals surface area contributed by atoms with Crippen LogP contribution in [0, 0.1) is 10.5 Å². The standard InChI is InChI=1S/C17H14IN3OS/c1-11-2-4-13(5-3-11)16-19-17(21-20-16)23-10-15(22)12-6-8-14(18)9-7-12/h2-9H,10H2,1H3,(H,19,20,21). The third-order valence-corrected chi connectivity index (χ3v) is 4.85. The van der Waals surface area contributed by atoms with Gasteiger partial charge in [-0.15, -0.1) is 5.10 Å². The van der Waals surface area contributed by atoms with Crippen molar-refractivity contribution in [3.8, 4) is 11.4 Å². The average Bonchev–Trinajstić information content (AvgIpc) is 3.03. The molecule has 0 bridgehead atoms. The number of aryl methyl sites for hydroxylation is 1. The number of benzene rings is 2. The summed E-state index contributed by atoms with van der Waals surface area (Å²) in [6, 6.07) is 15.6. The van der Waals surface area contributed by atoms with Crippen LogP contribution in [0.2, 0.25) is 0 Å². The van der Waals surface area contributed by atoms with Crippen LogP contribution in [0.15, 0.2) is 53.7 Å². The molecule has 1 aromatic heterocycles. The van der Waals surface area contributed by atoms with Gasteiger partial charge in [-0.25, -0.2) is 4.98 Å². The Bertz CT molecular complexity index is 813. The number of Topliss-reactive ketones (excluding diaryl/α,β-unsaturated/α-hetero) is 1. The first-order chi connectivity index (χ1) is 11.1. The fraction of sp³-hybridized carbons (Fsp3) is 0.118. The molecular formula is C17H14IN3OS. The van der Waals surface area contributed by atoms with E-state index in [1.165, 1.54) is 17.3 Å². The summed E-state index contributed by atoms with van der Waals surface area (Å²) >= 11 is 3.56. The van der Waals surface area contributed by atoms with Crippen molar-refractivity contribution in [2.75, 3.05) is 5.75 Å². The first kappa shape index (κ1) is 16.2. The summed E-state index contributed by atoms with van der Waals surface area (Å²) in [6.07, 6.45) is 0. The zero-order valence-corrected chi connectivity index (χ0v) is 15.4. The van der Waals surface area contributed by atoms with E-state index in [0.717, 1.165) is 9.13 Å². The van der Waals surface area contributed by atoms with Crippen molar-refractivity contribution in [1.82, 2.24) is 15.2 Å². The molecule has 4 nitrogen and oxygen atoms in total. The van der Waals surface area contributed by atoms with Crippen LogP contribution in [-0.2, 0) is 0 Å². The lowest BCUT2D eigenvalue weighted by Gasteiger charge is -1.99. The van der Waals surface area contributed by atoms with E-state index in [1.54, 1.807) is 0 Å². The minimum absolute atomic E-state index is 0.0769. The highest BCUT2D eigenvalue weighted by Crippen LogP contribution is 2.20. The van der Waals surface area contributed by atoms with Crippen molar-refractivity contribution >= 4 is 40.1 Å². The van der Waals surface area contributed by atoms with Crippen LogP contribution in [0.1, 0.15) is 15.9 Å². The summed E-state index contributed by atoms with van der Waals surface area (Å²) in [6.45, 7) is 2.04. The summed E-state index contributed by atoms with van der Waals surface area (Å²) in [5, 5.41) is 7.67. The van der Waals surface area contributed by atoms with Gasteiger partial charge in [-0.2, -0.15) is 0 Å². The van der Waals surface area contributed by atoms with Gasteiger partial charge < -0.3 is 0 Å². The molecule has 6 heteroatoms. The van der Waals surface area contributed by atoms with E-state index in [2.05, 4.69) is 37.8 Å². The molecule has 0 aliphatic heterocycles. The van der Waals surface area contributed by atoms with E-state index in [0.29, 0.717) is 22.3 Å². The summed E-state index contributed by atoms with van der Waals surface area (Å²) in [5.74, 6) is 1.12. The predicted octanol–water partition coefficient (Wildman–Crippen LogP) is 4.36. The quantitative estimate of drug-likeness (QED) is 0.368. The van der Waals surface area contributed by atoms with Gasteiger partial charge in [0.15, 0.2) is 11.6 Å². The normalized spacial score (nSPS) is 10.7. The van der Waals surface area contributed by atoms with E-state index in [-0.39, 0.29) is 5.78 Å². The largest absolute Gasteiger partial charge is 0.293 e. The maximum atomic E-state index is 12.2. The SMILES string of the molecule is Cc1ccc(-c2nc(SCC(=O)c3ccc(I)cc3)n[nH]2)cc1.